The maximum absolute atomic E-state index is 4.38. The predicted octanol–water partition coefficient (Wildman–Crippen LogP) is 2.08. The first-order valence-corrected chi connectivity index (χ1v) is 5.01. The van der Waals surface area contributed by atoms with E-state index in [0.29, 0.717) is 0 Å². The van der Waals surface area contributed by atoms with Gasteiger partial charge in [0.15, 0.2) is 5.82 Å². The standard InChI is InChI=1S/C9H6N4S/c1-2-8(14-3-1)9-10-4-7-6(12-9)5-11-13-7/h1-5H,(H,11,13). The Hall–Kier alpha value is -1.75. The van der Waals surface area contributed by atoms with Crippen LogP contribution in [0.3, 0.4) is 0 Å². The molecule has 5 heteroatoms. The predicted molar refractivity (Wildman–Crippen MR) is 55.0 cm³/mol. The van der Waals surface area contributed by atoms with E-state index >= 15 is 0 Å². The Morgan fingerprint density at radius 3 is 3.14 bits per heavy atom. The molecule has 0 bridgehead atoms. The number of thiophene rings is 1. The van der Waals surface area contributed by atoms with Crippen LogP contribution in [0.1, 0.15) is 0 Å². The summed E-state index contributed by atoms with van der Waals surface area (Å²) in [4.78, 5) is 9.71. The van der Waals surface area contributed by atoms with Crippen molar-refractivity contribution in [3.63, 3.8) is 0 Å². The third-order valence-electron chi connectivity index (χ3n) is 1.93. The second kappa shape index (κ2) is 2.88. The van der Waals surface area contributed by atoms with Gasteiger partial charge in [0.25, 0.3) is 0 Å². The number of nitrogens with zero attached hydrogens (tertiary/aromatic N) is 3. The van der Waals surface area contributed by atoms with Gasteiger partial charge in [0.2, 0.25) is 0 Å². The smallest absolute Gasteiger partial charge is 0.170 e. The molecule has 0 aliphatic carbocycles. The molecule has 0 aliphatic heterocycles. The largest absolute Gasteiger partial charge is 0.275 e. The molecule has 0 spiro atoms. The van der Waals surface area contributed by atoms with Crippen molar-refractivity contribution in [2.75, 3.05) is 0 Å². The molecule has 3 heterocycles. The summed E-state index contributed by atoms with van der Waals surface area (Å²) in [6, 6.07) is 3.99. The van der Waals surface area contributed by atoms with Crippen molar-refractivity contribution in [1.82, 2.24) is 20.2 Å². The van der Waals surface area contributed by atoms with Crippen molar-refractivity contribution in [3.05, 3.63) is 29.9 Å². The van der Waals surface area contributed by atoms with Gasteiger partial charge in [0, 0.05) is 0 Å². The van der Waals surface area contributed by atoms with Crippen LogP contribution in [0, 0.1) is 0 Å². The molecule has 0 radical (unpaired) electrons. The molecule has 0 atom stereocenters. The average Bonchev–Trinajstić information content (AvgIpc) is 2.88. The topological polar surface area (TPSA) is 54.5 Å². The molecule has 0 aliphatic rings. The molecule has 14 heavy (non-hydrogen) atoms. The van der Waals surface area contributed by atoms with Crippen LogP contribution in [0.5, 0.6) is 0 Å². The fraction of sp³-hybridized carbons (Fsp3) is 0. The molecular weight excluding hydrogens is 196 g/mol. The summed E-state index contributed by atoms with van der Waals surface area (Å²) in [7, 11) is 0. The number of hydrogen-bond donors (Lipinski definition) is 1. The molecule has 0 saturated heterocycles. The Balaban J connectivity index is 2.23. The van der Waals surface area contributed by atoms with Crippen LogP contribution in [0.2, 0.25) is 0 Å². The first-order chi connectivity index (χ1) is 6.93. The number of aromatic amines is 1. The zero-order valence-electron chi connectivity index (χ0n) is 7.14. The van der Waals surface area contributed by atoms with Gasteiger partial charge in [-0.15, -0.1) is 11.3 Å². The average molecular weight is 202 g/mol. The minimum Gasteiger partial charge on any atom is -0.275 e. The van der Waals surface area contributed by atoms with Crippen LogP contribution in [0.15, 0.2) is 29.9 Å². The highest BCUT2D eigenvalue weighted by Gasteiger charge is 2.04. The van der Waals surface area contributed by atoms with Crippen molar-refractivity contribution < 1.29 is 0 Å². The fourth-order valence-electron chi connectivity index (χ4n) is 1.27. The minimum absolute atomic E-state index is 0.758. The second-order valence-corrected chi connectivity index (χ2v) is 3.79. The van der Waals surface area contributed by atoms with E-state index in [2.05, 4.69) is 20.2 Å². The normalized spacial score (nSPS) is 10.9. The lowest BCUT2D eigenvalue weighted by Crippen LogP contribution is -1.85. The maximum atomic E-state index is 4.38. The number of hydrogen-bond acceptors (Lipinski definition) is 4. The van der Waals surface area contributed by atoms with Crippen LogP contribution in [0.4, 0.5) is 0 Å². The van der Waals surface area contributed by atoms with E-state index in [0.717, 1.165) is 21.7 Å². The number of rotatable bonds is 1. The Morgan fingerprint density at radius 1 is 1.29 bits per heavy atom. The highest BCUT2D eigenvalue weighted by molar-refractivity contribution is 7.13. The Bertz CT molecular complexity index is 555. The molecule has 3 rings (SSSR count). The lowest BCUT2D eigenvalue weighted by atomic mass is 10.4. The molecule has 0 amide bonds. The summed E-state index contributed by atoms with van der Waals surface area (Å²) in [6.45, 7) is 0. The summed E-state index contributed by atoms with van der Waals surface area (Å²) in [5.74, 6) is 0.758. The zero-order valence-corrected chi connectivity index (χ0v) is 7.95. The van der Waals surface area contributed by atoms with Crippen molar-refractivity contribution in [2.45, 2.75) is 0 Å². The first-order valence-electron chi connectivity index (χ1n) is 4.13. The van der Waals surface area contributed by atoms with Crippen molar-refractivity contribution >= 4 is 22.4 Å². The Morgan fingerprint density at radius 2 is 2.29 bits per heavy atom. The molecule has 4 nitrogen and oxygen atoms in total. The molecule has 3 aromatic heterocycles. The SMILES string of the molecule is c1csc(-c2ncc3[nH]ncc3n2)c1. The fourth-order valence-corrected chi connectivity index (χ4v) is 1.93. The van der Waals surface area contributed by atoms with E-state index in [1.165, 1.54) is 0 Å². The zero-order chi connectivity index (χ0) is 9.38. The van der Waals surface area contributed by atoms with Gasteiger partial charge >= 0.3 is 0 Å². The summed E-state index contributed by atoms with van der Waals surface area (Å²) in [5.41, 5.74) is 1.72. The van der Waals surface area contributed by atoms with Crippen LogP contribution in [-0.2, 0) is 0 Å². The van der Waals surface area contributed by atoms with Gasteiger partial charge in [0.05, 0.1) is 17.3 Å². The van der Waals surface area contributed by atoms with Gasteiger partial charge in [-0.3, -0.25) is 5.10 Å². The third kappa shape index (κ3) is 1.10. The van der Waals surface area contributed by atoms with Gasteiger partial charge in [0.1, 0.15) is 11.0 Å². The van der Waals surface area contributed by atoms with Crippen molar-refractivity contribution in [3.8, 4) is 10.7 Å². The second-order valence-electron chi connectivity index (χ2n) is 2.84. The lowest BCUT2D eigenvalue weighted by Gasteiger charge is -1.94. The summed E-state index contributed by atoms with van der Waals surface area (Å²) < 4.78 is 0. The number of fused-ring (bicyclic) bond motifs is 1. The highest BCUT2D eigenvalue weighted by atomic mass is 32.1. The van der Waals surface area contributed by atoms with E-state index in [1.807, 2.05) is 17.5 Å². The van der Waals surface area contributed by atoms with Crippen LogP contribution < -0.4 is 0 Å². The molecule has 0 fully saturated rings. The van der Waals surface area contributed by atoms with Gasteiger partial charge in [-0.1, -0.05) is 6.07 Å². The molecule has 0 saturated carbocycles. The number of H-pyrrole nitrogens is 1. The molecule has 68 valence electrons. The summed E-state index contributed by atoms with van der Waals surface area (Å²) in [5, 5.41) is 8.73. The third-order valence-corrected chi connectivity index (χ3v) is 2.80. The molecule has 3 aromatic rings. The highest BCUT2D eigenvalue weighted by Crippen LogP contribution is 2.21. The molecule has 0 unspecified atom stereocenters. The van der Waals surface area contributed by atoms with E-state index < -0.39 is 0 Å². The van der Waals surface area contributed by atoms with E-state index in [4.69, 9.17) is 0 Å². The van der Waals surface area contributed by atoms with Crippen molar-refractivity contribution in [2.24, 2.45) is 0 Å². The number of aromatic nitrogens is 4. The van der Waals surface area contributed by atoms with Crippen LogP contribution in [0.25, 0.3) is 21.7 Å². The first kappa shape index (κ1) is 7.64. The molecule has 0 aromatic carbocycles. The Kier molecular flexibility index (Phi) is 1.57. The van der Waals surface area contributed by atoms with E-state index in [-0.39, 0.29) is 0 Å². The monoisotopic (exact) mass is 202 g/mol. The van der Waals surface area contributed by atoms with Gasteiger partial charge in [-0.25, -0.2) is 9.97 Å². The van der Waals surface area contributed by atoms with E-state index in [9.17, 15) is 0 Å². The van der Waals surface area contributed by atoms with Gasteiger partial charge < -0.3 is 0 Å². The lowest BCUT2D eigenvalue weighted by molar-refractivity contribution is 1.11. The molecule has 1 N–H and O–H groups in total. The number of nitrogens with one attached hydrogen (secondary N) is 1. The van der Waals surface area contributed by atoms with E-state index in [1.54, 1.807) is 23.7 Å². The quantitative estimate of drug-likeness (QED) is 0.657. The van der Waals surface area contributed by atoms with Gasteiger partial charge in [-0.05, 0) is 11.4 Å². The summed E-state index contributed by atoms with van der Waals surface area (Å²) >= 11 is 1.63. The van der Waals surface area contributed by atoms with Gasteiger partial charge in [-0.2, -0.15) is 5.10 Å². The Labute approximate surface area is 83.6 Å². The van der Waals surface area contributed by atoms with Crippen molar-refractivity contribution in [1.29, 1.82) is 0 Å². The maximum Gasteiger partial charge on any atom is 0.170 e. The van der Waals surface area contributed by atoms with Crippen LogP contribution >= 0.6 is 11.3 Å². The van der Waals surface area contributed by atoms with Crippen LogP contribution in [-0.4, -0.2) is 20.2 Å². The minimum atomic E-state index is 0.758. The molecular formula is C9H6N4S. The summed E-state index contributed by atoms with van der Waals surface area (Å²) in [6.07, 6.45) is 3.46.